The lowest BCUT2D eigenvalue weighted by molar-refractivity contribution is 0.0590. The fourth-order valence-electron chi connectivity index (χ4n) is 1.70. The highest BCUT2D eigenvalue weighted by Crippen LogP contribution is 2.11. The zero-order valence-electron chi connectivity index (χ0n) is 13.4. The molecule has 24 heavy (non-hydrogen) atoms. The monoisotopic (exact) mass is 370 g/mol. The molecule has 8 heteroatoms. The Morgan fingerprint density at radius 2 is 1.71 bits per heavy atom. The Morgan fingerprint density at radius 1 is 1.08 bits per heavy atom. The standard InChI is InChI=1S/2C8H8ClNO2/c1-5-6(8(11)12-2)3-4-7(9)10-5;1-12-8(11)6-3-2-4-10-7(6)5-9/h3-4H,1-2H3;2-4H,5H2,1H3. The number of methoxy groups -OCH3 is 2. The Hall–Kier alpha value is -2.18. The number of aryl methyl sites for hydroxylation is 1. The Kier molecular flexibility index (Phi) is 8.15. The maximum absolute atomic E-state index is 11.1. The van der Waals surface area contributed by atoms with Crippen LogP contribution in [-0.4, -0.2) is 36.1 Å². The molecule has 6 nitrogen and oxygen atoms in total. The summed E-state index contributed by atoms with van der Waals surface area (Å²) in [5.41, 5.74) is 2.00. The van der Waals surface area contributed by atoms with Crippen molar-refractivity contribution in [2.24, 2.45) is 0 Å². The van der Waals surface area contributed by atoms with Gasteiger partial charge in [0, 0.05) is 6.20 Å². The molecule has 0 aromatic carbocycles. The van der Waals surface area contributed by atoms with Crippen molar-refractivity contribution in [1.29, 1.82) is 0 Å². The second-order valence-corrected chi connectivity index (χ2v) is 5.04. The molecule has 0 aliphatic rings. The van der Waals surface area contributed by atoms with Crippen LogP contribution in [0.3, 0.4) is 0 Å². The molecule has 0 aliphatic carbocycles. The third-order valence-electron chi connectivity index (χ3n) is 2.88. The van der Waals surface area contributed by atoms with Gasteiger partial charge in [-0.05, 0) is 31.2 Å². The van der Waals surface area contributed by atoms with Crippen molar-refractivity contribution in [2.45, 2.75) is 12.8 Å². The van der Waals surface area contributed by atoms with Crippen LogP contribution in [0.4, 0.5) is 0 Å². The van der Waals surface area contributed by atoms with Gasteiger partial charge >= 0.3 is 11.9 Å². The van der Waals surface area contributed by atoms with Gasteiger partial charge in [-0.2, -0.15) is 0 Å². The van der Waals surface area contributed by atoms with Crippen LogP contribution in [0.15, 0.2) is 30.5 Å². The van der Waals surface area contributed by atoms with E-state index in [1.54, 1.807) is 37.4 Å². The van der Waals surface area contributed by atoms with Gasteiger partial charge in [0.1, 0.15) is 5.15 Å². The SMILES string of the molecule is COC(=O)c1ccc(Cl)nc1C.COC(=O)c1cccnc1CCl. The lowest BCUT2D eigenvalue weighted by Crippen LogP contribution is -2.05. The molecular formula is C16H16Cl2N2O4. The van der Waals surface area contributed by atoms with Gasteiger partial charge in [0.25, 0.3) is 0 Å². The summed E-state index contributed by atoms with van der Waals surface area (Å²) in [6.07, 6.45) is 1.59. The highest BCUT2D eigenvalue weighted by molar-refractivity contribution is 6.29. The van der Waals surface area contributed by atoms with E-state index in [-0.39, 0.29) is 5.88 Å². The van der Waals surface area contributed by atoms with Gasteiger partial charge in [-0.25, -0.2) is 14.6 Å². The number of hydrogen-bond donors (Lipinski definition) is 0. The van der Waals surface area contributed by atoms with E-state index in [1.165, 1.54) is 14.2 Å². The Balaban J connectivity index is 0.000000240. The van der Waals surface area contributed by atoms with E-state index < -0.39 is 11.9 Å². The summed E-state index contributed by atoms with van der Waals surface area (Å²) in [5.74, 6) is -0.582. The maximum atomic E-state index is 11.1. The van der Waals surface area contributed by atoms with Gasteiger partial charge in [-0.1, -0.05) is 11.6 Å². The molecule has 0 fully saturated rings. The zero-order chi connectivity index (χ0) is 18.1. The van der Waals surface area contributed by atoms with Crippen LogP contribution in [0.1, 0.15) is 32.1 Å². The molecule has 0 amide bonds. The summed E-state index contributed by atoms with van der Waals surface area (Å²) in [7, 11) is 2.66. The fourth-order valence-corrected chi connectivity index (χ4v) is 2.10. The van der Waals surface area contributed by atoms with Crippen LogP contribution in [0.2, 0.25) is 5.15 Å². The molecule has 128 valence electrons. The van der Waals surface area contributed by atoms with Crippen molar-refractivity contribution in [2.75, 3.05) is 14.2 Å². The summed E-state index contributed by atoms with van der Waals surface area (Å²) < 4.78 is 9.08. The van der Waals surface area contributed by atoms with Crippen molar-refractivity contribution >= 4 is 35.1 Å². The molecule has 0 N–H and O–H groups in total. The Labute approximate surface area is 149 Å². The van der Waals surface area contributed by atoms with Crippen LogP contribution in [0, 0.1) is 6.92 Å². The highest BCUT2D eigenvalue weighted by atomic mass is 35.5. The van der Waals surface area contributed by atoms with Crippen molar-refractivity contribution < 1.29 is 19.1 Å². The van der Waals surface area contributed by atoms with E-state index in [2.05, 4.69) is 19.4 Å². The minimum Gasteiger partial charge on any atom is -0.465 e. The van der Waals surface area contributed by atoms with Crippen LogP contribution < -0.4 is 0 Å². The van der Waals surface area contributed by atoms with Crippen molar-refractivity contribution in [3.8, 4) is 0 Å². The maximum Gasteiger partial charge on any atom is 0.339 e. The quantitative estimate of drug-likeness (QED) is 0.467. The van der Waals surface area contributed by atoms with Crippen LogP contribution in [0.25, 0.3) is 0 Å². The van der Waals surface area contributed by atoms with E-state index in [1.807, 2.05) is 0 Å². The first kappa shape index (κ1) is 19.9. The normalized spacial score (nSPS) is 9.54. The molecule has 2 aromatic rings. The number of carbonyl (C=O) groups excluding carboxylic acids is 2. The molecule has 0 saturated heterocycles. The van der Waals surface area contributed by atoms with Gasteiger partial charge in [-0.3, -0.25) is 4.98 Å². The molecule has 0 atom stereocenters. The van der Waals surface area contributed by atoms with Crippen molar-refractivity contribution in [3.05, 3.63) is 58.1 Å². The molecule has 2 aromatic heterocycles. The predicted octanol–water partition coefficient (Wildman–Crippen LogP) is 3.44. The van der Waals surface area contributed by atoms with Gasteiger partial charge in [-0.15, -0.1) is 11.6 Å². The van der Waals surface area contributed by atoms with E-state index in [9.17, 15) is 9.59 Å². The largest absolute Gasteiger partial charge is 0.465 e. The zero-order valence-corrected chi connectivity index (χ0v) is 14.9. The number of aromatic nitrogens is 2. The number of nitrogens with zero attached hydrogens (tertiary/aromatic N) is 2. The number of pyridine rings is 2. The van der Waals surface area contributed by atoms with Crippen molar-refractivity contribution in [1.82, 2.24) is 9.97 Å². The van der Waals surface area contributed by atoms with Crippen LogP contribution >= 0.6 is 23.2 Å². The average molecular weight is 371 g/mol. The van der Waals surface area contributed by atoms with E-state index in [0.29, 0.717) is 27.7 Å². The molecule has 0 bridgehead atoms. The molecule has 2 rings (SSSR count). The topological polar surface area (TPSA) is 78.4 Å². The highest BCUT2D eigenvalue weighted by Gasteiger charge is 2.10. The molecule has 0 unspecified atom stereocenters. The third kappa shape index (κ3) is 5.47. The molecule has 0 saturated carbocycles. The molecule has 2 heterocycles. The fraction of sp³-hybridized carbons (Fsp3) is 0.250. The smallest absolute Gasteiger partial charge is 0.339 e. The summed E-state index contributed by atoms with van der Waals surface area (Å²) in [4.78, 5) is 30.0. The summed E-state index contributed by atoms with van der Waals surface area (Å²) >= 11 is 11.2. The Bertz CT molecular complexity index is 723. The van der Waals surface area contributed by atoms with Crippen molar-refractivity contribution in [3.63, 3.8) is 0 Å². The number of hydrogen-bond acceptors (Lipinski definition) is 6. The second-order valence-electron chi connectivity index (χ2n) is 4.38. The van der Waals surface area contributed by atoms with E-state index in [4.69, 9.17) is 23.2 Å². The van der Waals surface area contributed by atoms with Crippen LogP contribution in [0.5, 0.6) is 0 Å². The van der Waals surface area contributed by atoms with Gasteiger partial charge < -0.3 is 9.47 Å². The summed E-state index contributed by atoms with van der Waals surface area (Å²) in [5, 5.41) is 0.375. The minimum absolute atomic E-state index is 0.214. The molecular weight excluding hydrogens is 355 g/mol. The first-order chi connectivity index (χ1) is 11.4. The van der Waals surface area contributed by atoms with Gasteiger partial charge in [0.15, 0.2) is 0 Å². The predicted molar refractivity (Wildman–Crippen MR) is 90.5 cm³/mol. The third-order valence-corrected chi connectivity index (χ3v) is 3.34. The average Bonchev–Trinajstić information content (AvgIpc) is 2.61. The summed E-state index contributed by atoms with van der Waals surface area (Å²) in [6.45, 7) is 1.71. The second kappa shape index (κ2) is 9.85. The molecule has 0 spiro atoms. The first-order valence-corrected chi connectivity index (χ1v) is 7.65. The Morgan fingerprint density at radius 3 is 2.25 bits per heavy atom. The van der Waals surface area contributed by atoms with E-state index >= 15 is 0 Å². The number of carbonyl (C=O) groups is 2. The van der Waals surface area contributed by atoms with Crippen LogP contribution in [-0.2, 0) is 15.4 Å². The number of alkyl halides is 1. The molecule has 0 radical (unpaired) electrons. The molecule has 0 aliphatic heterocycles. The lowest BCUT2D eigenvalue weighted by Gasteiger charge is -2.02. The summed E-state index contributed by atoms with van der Waals surface area (Å²) in [6, 6.07) is 6.45. The van der Waals surface area contributed by atoms with E-state index in [0.717, 1.165) is 0 Å². The van der Waals surface area contributed by atoms with Gasteiger partial charge in [0.05, 0.1) is 42.6 Å². The first-order valence-electron chi connectivity index (χ1n) is 6.74. The van der Waals surface area contributed by atoms with Gasteiger partial charge in [0.2, 0.25) is 0 Å². The minimum atomic E-state index is -0.404. The number of rotatable bonds is 3. The number of esters is 2. The number of halogens is 2. The number of ether oxygens (including phenoxy) is 2. The lowest BCUT2D eigenvalue weighted by atomic mass is 10.2.